The van der Waals surface area contributed by atoms with E-state index in [9.17, 15) is 19.5 Å². The zero-order valence-corrected chi connectivity index (χ0v) is 19.7. The van der Waals surface area contributed by atoms with Crippen molar-refractivity contribution >= 4 is 34.4 Å². The third-order valence-corrected chi connectivity index (χ3v) is 5.91. The topological polar surface area (TPSA) is 122 Å². The number of carboxylic acid groups (broad SMARTS) is 1. The van der Waals surface area contributed by atoms with Gasteiger partial charge in [-0.3, -0.25) is 9.59 Å². The molecule has 0 unspecified atom stereocenters. The minimum atomic E-state index is -1.24. The summed E-state index contributed by atoms with van der Waals surface area (Å²) in [6.45, 7) is 3.34. The lowest BCUT2D eigenvalue weighted by Gasteiger charge is -2.19. The molecular weight excluding hydrogens is 456 g/mol. The minimum absolute atomic E-state index is 0.00188. The number of hydrogen-bond donors (Lipinski definition) is 1. The molecule has 182 valence electrons. The summed E-state index contributed by atoms with van der Waals surface area (Å²) in [6.07, 6.45) is 2.78. The second-order valence-electron chi connectivity index (χ2n) is 8.11. The SMILES string of the molecule is COCOc1cc2c(cc1OCOC)CC(=O)C(c1coc3cc(C)c(C)c(C(=O)O)c3c1=O)=C2. The quantitative estimate of drug-likeness (QED) is 0.481. The van der Waals surface area contributed by atoms with E-state index in [4.69, 9.17) is 23.4 Å². The number of hydrogen-bond acceptors (Lipinski definition) is 8. The molecule has 1 aliphatic carbocycles. The lowest BCUT2D eigenvalue weighted by Crippen LogP contribution is -2.19. The van der Waals surface area contributed by atoms with E-state index in [0.717, 1.165) is 0 Å². The Balaban J connectivity index is 1.89. The molecule has 0 fully saturated rings. The third-order valence-electron chi connectivity index (χ3n) is 5.91. The molecular formula is C26H24O9. The standard InChI is InChI=1S/C26H24O9/c1-13-5-22-24(23(14(13)2)26(29)30)25(28)18(10-33-22)17-6-15-8-20(34-11-31-3)21(35-12-32-4)9-16(15)7-19(17)27/h5-6,8-10H,7,11-12H2,1-4H3,(H,29,30). The van der Waals surface area contributed by atoms with Crippen molar-refractivity contribution in [3.63, 3.8) is 0 Å². The van der Waals surface area contributed by atoms with Gasteiger partial charge in [0.05, 0.1) is 16.5 Å². The first-order valence-electron chi connectivity index (χ1n) is 10.7. The van der Waals surface area contributed by atoms with Crippen LogP contribution in [0, 0.1) is 13.8 Å². The van der Waals surface area contributed by atoms with Gasteiger partial charge in [-0.05, 0) is 60.4 Å². The normalized spacial score (nSPS) is 12.9. The van der Waals surface area contributed by atoms with Crippen molar-refractivity contribution in [2.75, 3.05) is 27.8 Å². The van der Waals surface area contributed by atoms with Crippen LogP contribution >= 0.6 is 0 Å². The summed E-state index contributed by atoms with van der Waals surface area (Å²) in [5.74, 6) is -0.793. The number of aryl methyl sites for hydroxylation is 1. The second kappa shape index (κ2) is 9.73. The fourth-order valence-electron chi connectivity index (χ4n) is 4.07. The number of carbonyl (C=O) groups is 2. The van der Waals surface area contributed by atoms with E-state index in [1.54, 1.807) is 38.1 Å². The Labute approximate surface area is 200 Å². The van der Waals surface area contributed by atoms with Crippen molar-refractivity contribution in [3.8, 4) is 11.5 Å². The van der Waals surface area contributed by atoms with Crippen LogP contribution in [0.5, 0.6) is 11.5 Å². The number of methoxy groups -OCH3 is 2. The molecule has 0 bridgehead atoms. The van der Waals surface area contributed by atoms with Crippen molar-refractivity contribution in [2.45, 2.75) is 20.3 Å². The van der Waals surface area contributed by atoms with Gasteiger partial charge in [0.25, 0.3) is 0 Å². The number of benzene rings is 2. The second-order valence-corrected chi connectivity index (χ2v) is 8.11. The summed E-state index contributed by atoms with van der Waals surface area (Å²) in [6, 6.07) is 4.99. The van der Waals surface area contributed by atoms with Gasteiger partial charge in [0.2, 0.25) is 5.43 Å². The van der Waals surface area contributed by atoms with Crippen molar-refractivity contribution in [2.24, 2.45) is 0 Å². The lowest BCUT2D eigenvalue weighted by atomic mass is 9.87. The van der Waals surface area contributed by atoms with Crippen molar-refractivity contribution < 1.29 is 38.1 Å². The fraction of sp³-hybridized carbons (Fsp3) is 0.269. The molecule has 3 aromatic rings. The number of allylic oxidation sites excluding steroid dienone is 1. The Morgan fingerprint density at radius 2 is 1.69 bits per heavy atom. The lowest BCUT2D eigenvalue weighted by molar-refractivity contribution is -0.113. The number of carbonyl (C=O) groups excluding carboxylic acids is 1. The van der Waals surface area contributed by atoms with Gasteiger partial charge >= 0.3 is 5.97 Å². The van der Waals surface area contributed by atoms with Crippen molar-refractivity contribution in [1.82, 2.24) is 0 Å². The van der Waals surface area contributed by atoms with Crippen LogP contribution in [-0.2, 0) is 20.7 Å². The molecule has 0 radical (unpaired) electrons. The Kier molecular flexibility index (Phi) is 6.72. The van der Waals surface area contributed by atoms with Crippen LogP contribution in [0.1, 0.15) is 38.2 Å². The molecule has 2 aromatic carbocycles. The predicted octanol–water partition coefficient (Wildman–Crippen LogP) is 3.74. The maximum Gasteiger partial charge on any atom is 0.336 e. The fourth-order valence-corrected chi connectivity index (χ4v) is 4.07. The Morgan fingerprint density at radius 3 is 2.31 bits per heavy atom. The smallest absolute Gasteiger partial charge is 0.336 e. The number of ether oxygens (including phenoxy) is 4. The van der Waals surface area contributed by atoms with Gasteiger partial charge in [0, 0.05) is 26.2 Å². The molecule has 0 saturated carbocycles. The first-order valence-corrected chi connectivity index (χ1v) is 10.7. The van der Waals surface area contributed by atoms with E-state index >= 15 is 0 Å². The largest absolute Gasteiger partial charge is 0.478 e. The van der Waals surface area contributed by atoms with Crippen molar-refractivity contribution in [3.05, 3.63) is 68.1 Å². The Hall–Kier alpha value is -3.95. The maximum absolute atomic E-state index is 13.5. The van der Waals surface area contributed by atoms with Gasteiger partial charge in [0.1, 0.15) is 11.8 Å². The molecule has 0 amide bonds. The molecule has 1 aromatic heterocycles. The highest BCUT2D eigenvalue weighted by molar-refractivity contribution is 6.28. The van der Waals surface area contributed by atoms with Crippen LogP contribution in [-0.4, -0.2) is 44.7 Å². The predicted molar refractivity (Wildman–Crippen MR) is 127 cm³/mol. The van der Waals surface area contributed by atoms with Crippen molar-refractivity contribution in [1.29, 1.82) is 0 Å². The monoisotopic (exact) mass is 480 g/mol. The molecule has 0 saturated heterocycles. The van der Waals surface area contributed by atoms with E-state index in [1.807, 2.05) is 0 Å². The van der Waals surface area contributed by atoms with Gasteiger partial charge in [-0.1, -0.05) is 0 Å². The molecule has 0 atom stereocenters. The van der Waals surface area contributed by atoms with E-state index in [1.165, 1.54) is 20.5 Å². The average molecular weight is 480 g/mol. The van der Waals surface area contributed by atoms with Gasteiger partial charge in [-0.15, -0.1) is 0 Å². The van der Waals surface area contributed by atoms with Gasteiger partial charge in [-0.25, -0.2) is 4.79 Å². The highest BCUT2D eigenvalue weighted by atomic mass is 16.7. The molecule has 35 heavy (non-hydrogen) atoms. The summed E-state index contributed by atoms with van der Waals surface area (Å²) < 4.78 is 26.8. The van der Waals surface area contributed by atoms with E-state index < -0.39 is 11.4 Å². The molecule has 1 N–H and O–H groups in total. The van der Waals surface area contributed by atoms with Crippen LogP contribution in [0.4, 0.5) is 0 Å². The minimum Gasteiger partial charge on any atom is -0.478 e. The van der Waals surface area contributed by atoms with Crippen LogP contribution in [0.15, 0.2) is 33.7 Å². The number of ketones is 1. The summed E-state index contributed by atoms with van der Waals surface area (Å²) in [5, 5.41) is 9.71. The van der Waals surface area contributed by atoms with Gasteiger partial charge < -0.3 is 28.5 Å². The molecule has 9 nitrogen and oxygen atoms in total. The van der Waals surface area contributed by atoms with Crippen LogP contribution < -0.4 is 14.9 Å². The first-order chi connectivity index (χ1) is 16.8. The molecule has 1 aliphatic rings. The highest BCUT2D eigenvalue weighted by Gasteiger charge is 2.27. The first kappa shape index (κ1) is 24.2. The number of rotatable bonds is 8. The van der Waals surface area contributed by atoms with Gasteiger partial charge in [-0.2, -0.15) is 0 Å². The molecule has 0 aliphatic heterocycles. The van der Waals surface area contributed by atoms with Crippen LogP contribution in [0.2, 0.25) is 0 Å². The summed E-state index contributed by atoms with van der Waals surface area (Å²) in [4.78, 5) is 38.5. The highest BCUT2D eigenvalue weighted by Crippen LogP contribution is 2.37. The van der Waals surface area contributed by atoms with E-state index in [2.05, 4.69) is 0 Å². The Bertz CT molecular complexity index is 1430. The zero-order chi connectivity index (χ0) is 25.3. The number of Topliss-reactive ketones (excluding diaryl/α,β-unsaturated/α-hetero) is 1. The molecule has 4 rings (SSSR count). The zero-order valence-electron chi connectivity index (χ0n) is 19.7. The van der Waals surface area contributed by atoms with Crippen LogP contribution in [0.25, 0.3) is 22.6 Å². The van der Waals surface area contributed by atoms with Crippen LogP contribution in [0.3, 0.4) is 0 Å². The van der Waals surface area contributed by atoms with E-state index in [-0.39, 0.29) is 53.5 Å². The maximum atomic E-state index is 13.5. The molecule has 1 heterocycles. The summed E-state index contributed by atoms with van der Waals surface area (Å²) in [5.41, 5.74) is 2.05. The third kappa shape index (κ3) is 4.43. The number of aromatic carboxylic acids is 1. The van der Waals surface area contributed by atoms with E-state index in [0.29, 0.717) is 33.8 Å². The summed E-state index contributed by atoms with van der Waals surface area (Å²) >= 11 is 0. The molecule has 9 heteroatoms. The number of fused-ring (bicyclic) bond motifs is 2. The summed E-state index contributed by atoms with van der Waals surface area (Å²) in [7, 11) is 2.97. The number of carboxylic acids is 1. The van der Waals surface area contributed by atoms with Gasteiger partial charge in [0.15, 0.2) is 30.9 Å². The molecule has 0 spiro atoms. The Morgan fingerprint density at radius 1 is 1.03 bits per heavy atom. The average Bonchev–Trinajstić information content (AvgIpc) is 2.82.